The zero-order valence-electron chi connectivity index (χ0n) is 18.5. The number of aryl methyl sites for hydroxylation is 1. The average molecular weight is 465 g/mol. The molecule has 6 rings (SSSR count). The number of ketones is 2. The second-order valence-electron chi connectivity index (χ2n) is 8.34. The van der Waals surface area contributed by atoms with E-state index < -0.39 is 23.2 Å². The lowest BCUT2D eigenvalue weighted by Crippen LogP contribution is -2.03. The van der Waals surface area contributed by atoms with E-state index in [1.807, 2.05) is 82.9 Å². The maximum atomic E-state index is 13.8. The Labute approximate surface area is 198 Å². The summed E-state index contributed by atoms with van der Waals surface area (Å²) >= 11 is 0. The van der Waals surface area contributed by atoms with Gasteiger partial charge in [-0.15, -0.1) is 0 Å². The van der Waals surface area contributed by atoms with E-state index in [2.05, 4.69) is 0 Å². The molecule has 0 unspecified atom stereocenters. The van der Waals surface area contributed by atoms with Gasteiger partial charge in [-0.1, -0.05) is 48.5 Å². The van der Waals surface area contributed by atoms with Crippen molar-refractivity contribution in [3.8, 4) is 17.1 Å². The van der Waals surface area contributed by atoms with Crippen molar-refractivity contribution >= 4 is 28.8 Å². The standard InChI is InChI=1S/C28H17F2N3O2/c1-32-24-13-18(12-21-25(34)19-14-22(29)23(30)15-20(19)26(21)35)33(17-10-6-3-7-11-17)28(24)31-27(32)16-8-4-2-5-9-16/h2-15H,1H3. The summed E-state index contributed by atoms with van der Waals surface area (Å²) in [6, 6.07) is 22.6. The van der Waals surface area contributed by atoms with Crippen LogP contribution in [0.25, 0.3) is 34.3 Å². The number of aromatic nitrogens is 3. The number of nitrogens with zero attached hydrogens (tertiary/aromatic N) is 3. The van der Waals surface area contributed by atoms with Crippen molar-refractivity contribution in [2.75, 3.05) is 0 Å². The first-order chi connectivity index (χ1) is 16.9. The molecule has 0 saturated carbocycles. The molecule has 0 bridgehead atoms. The highest BCUT2D eigenvalue weighted by atomic mass is 19.2. The van der Waals surface area contributed by atoms with Crippen LogP contribution in [0.5, 0.6) is 0 Å². The Hall–Kier alpha value is -4.65. The van der Waals surface area contributed by atoms with Gasteiger partial charge in [-0.2, -0.15) is 0 Å². The number of rotatable bonds is 3. The number of para-hydroxylation sites is 1. The van der Waals surface area contributed by atoms with Crippen LogP contribution in [-0.4, -0.2) is 25.7 Å². The Morgan fingerprint density at radius 3 is 1.97 bits per heavy atom. The Balaban J connectivity index is 1.57. The van der Waals surface area contributed by atoms with Crippen molar-refractivity contribution < 1.29 is 18.4 Å². The first-order valence-corrected chi connectivity index (χ1v) is 10.9. The van der Waals surface area contributed by atoms with Gasteiger partial charge in [0, 0.05) is 29.4 Å². The number of carbonyl (C=O) groups excluding carboxylic acids is 2. The van der Waals surface area contributed by atoms with Crippen molar-refractivity contribution in [2.24, 2.45) is 7.05 Å². The lowest BCUT2D eigenvalue weighted by atomic mass is 10.1. The van der Waals surface area contributed by atoms with Crippen molar-refractivity contribution in [1.82, 2.24) is 14.1 Å². The summed E-state index contributed by atoms with van der Waals surface area (Å²) < 4.78 is 31.3. The molecule has 2 heterocycles. The van der Waals surface area contributed by atoms with E-state index in [1.165, 1.54) is 6.08 Å². The molecule has 0 aliphatic heterocycles. The minimum atomic E-state index is -1.16. The maximum absolute atomic E-state index is 13.8. The SMILES string of the molecule is Cn1c(-c2ccccc2)nc2c1cc(C=C1C(=O)c3cc(F)c(F)cc3C1=O)n2-c1ccccc1. The van der Waals surface area contributed by atoms with Crippen LogP contribution in [0.15, 0.2) is 84.4 Å². The van der Waals surface area contributed by atoms with Gasteiger partial charge in [-0.05, 0) is 36.4 Å². The number of benzene rings is 3. The third-order valence-corrected chi connectivity index (χ3v) is 6.25. The highest BCUT2D eigenvalue weighted by Crippen LogP contribution is 2.33. The van der Waals surface area contributed by atoms with E-state index in [9.17, 15) is 18.4 Å². The van der Waals surface area contributed by atoms with Crippen LogP contribution in [0.2, 0.25) is 0 Å². The fourth-order valence-electron chi connectivity index (χ4n) is 4.54. The van der Waals surface area contributed by atoms with Crippen molar-refractivity contribution in [2.45, 2.75) is 0 Å². The molecule has 0 radical (unpaired) electrons. The largest absolute Gasteiger partial charge is 0.326 e. The summed E-state index contributed by atoms with van der Waals surface area (Å²) in [5, 5.41) is 0. The average Bonchev–Trinajstić information content (AvgIpc) is 3.46. The second-order valence-corrected chi connectivity index (χ2v) is 8.34. The lowest BCUT2D eigenvalue weighted by molar-refractivity contribution is 0.0990. The van der Waals surface area contributed by atoms with Gasteiger partial charge >= 0.3 is 0 Å². The van der Waals surface area contributed by atoms with Crippen molar-refractivity contribution in [1.29, 1.82) is 0 Å². The summed E-state index contributed by atoms with van der Waals surface area (Å²) in [6.07, 6.45) is 1.47. The summed E-state index contributed by atoms with van der Waals surface area (Å²) in [4.78, 5) is 30.8. The summed E-state index contributed by atoms with van der Waals surface area (Å²) in [6.45, 7) is 0. The third-order valence-electron chi connectivity index (χ3n) is 6.25. The molecule has 1 aliphatic rings. The number of halogens is 2. The molecule has 0 amide bonds. The molecule has 170 valence electrons. The number of carbonyl (C=O) groups is 2. The van der Waals surface area contributed by atoms with E-state index in [1.54, 1.807) is 0 Å². The van der Waals surface area contributed by atoms with Gasteiger partial charge in [0.2, 0.25) is 0 Å². The minimum Gasteiger partial charge on any atom is -0.326 e. The molecule has 0 fully saturated rings. The molecule has 0 N–H and O–H groups in total. The molecule has 2 aromatic heterocycles. The number of hydrogen-bond donors (Lipinski definition) is 0. The van der Waals surface area contributed by atoms with E-state index in [4.69, 9.17) is 4.98 Å². The van der Waals surface area contributed by atoms with Crippen LogP contribution in [-0.2, 0) is 7.05 Å². The van der Waals surface area contributed by atoms with Crippen LogP contribution < -0.4 is 0 Å². The summed E-state index contributed by atoms with van der Waals surface area (Å²) in [7, 11) is 1.90. The fraction of sp³-hybridized carbons (Fsp3) is 0.0357. The summed E-state index contributed by atoms with van der Waals surface area (Å²) in [5.41, 5.74) is 3.33. The molecule has 7 heteroatoms. The normalized spacial score (nSPS) is 13.1. The highest BCUT2D eigenvalue weighted by molar-refractivity contribution is 6.41. The zero-order valence-corrected chi connectivity index (χ0v) is 18.5. The fourth-order valence-corrected chi connectivity index (χ4v) is 4.54. The van der Waals surface area contributed by atoms with Crippen LogP contribution >= 0.6 is 0 Å². The predicted octanol–water partition coefficient (Wildman–Crippen LogP) is 5.77. The summed E-state index contributed by atoms with van der Waals surface area (Å²) in [5.74, 6) is -2.83. The Bertz CT molecular complexity index is 1650. The molecule has 1 aliphatic carbocycles. The minimum absolute atomic E-state index is 0.132. The molecule has 3 aromatic carbocycles. The predicted molar refractivity (Wildman–Crippen MR) is 128 cm³/mol. The molecular weight excluding hydrogens is 448 g/mol. The van der Waals surface area contributed by atoms with Crippen LogP contribution in [0, 0.1) is 11.6 Å². The molecule has 35 heavy (non-hydrogen) atoms. The highest BCUT2D eigenvalue weighted by Gasteiger charge is 2.35. The molecule has 0 spiro atoms. The van der Waals surface area contributed by atoms with Gasteiger partial charge in [0.15, 0.2) is 28.8 Å². The number of imidazole rings is 1. The first-order valence-electron chi connectivity index (χ1n) is 10.9. The Morgan fingerprint density at radius 1 is 0.800 bits per heavy atom. The van der Waals surface area contributed by atoms with Gasteiger partial charge < -0.3 is 4.57 Å². The van der Waals surface area contributed by atoms with Gasteiger partial charge in [-0.25, -0.2) is 13.8 Å². The zero-order chi connectivity index (χ0) is 24.3. The number of Topliss-reactive ketones (excluding diaryl/α,β-unsaturated/α-hetero) is 2. The van der Waals surface area contributed by atoms with Gasteiger partial charge in [0.25, 0.3) is 0 Å². The molecule has 0 saturated heterocycles. The monoisotopic (exact) mass is 465 g/mol. The number of allylic oxidation sites excluding steroid dienone is 1. The van der Waals surface area contributed by atoms with Crippen molar-refractivity contribution in [3.05, 3.63) is 113 Å². The molecular formula is C28H17F2N3O2. The molecule has 0 atom stereocenters. The number of hydrogen-bond acceptors (Lipinski definition) is 3. The topological polar surface area (TPSA) is 56.9 Å². The van der Waals surface area contributed by atoms with Gasteiger partial charge in [0.05, 0.1) is 16.8 Å². The lowest BCUT2D eigenvalue weighted by Gasteiger charge is -2.08. The van der Waals surface area contributed by atoms with Crippen LogP contribution in [0.1, 0.15) is 26.4 Å². The van der Waals surface area contributed by atoms with Crippen LogP contribution in [0.3, 0.4) is 0 Å². The quantitative estimate of drug-likeness (QED) is 0.251. The van der Waals surface area contributed by atoms with Crippen LogP contribution in [0.4, 0.5) is 8.78 Å². The van der Waals surface area contributed by atoms with Gasteiger partial charge in [-0.3, -0.25) is 14.2 Å². The van der Waals surface area contributed by atoms with E-state index in [-0.39, 0.29) is 16.7 Å². The van der Waals surface area contributed by atoms with Crippen molar-refractivity contribution in [3.63, 3.8) is 0 Å². The van der Waals surface area contributed by atoms with Gasteiger partial charge in [0.1, 0.15) is 5.82 Å². The maximum Gasteiger partial charge on any atom is 0.197 e. The molecule has 5 nitrogen and oxygen atoms in total. The van der Waals surface area contributed by atoms with E-state index in [0.29, 0.717) is 11.3 Å². The first kappa shape index (κ1) is 20.9. The molecule has 5 aromatic rings. The number of fused-ring (bicyclic) bond motifs is 2. The Kier molecular flexibility index (Phi) is 4.60. The third kappa shape index (κ3) is 3.16. The van der Waals surface area contributed by atoms with E-state index >= 15 is 0 Å². The smallest absolute Gasteiger partial charge is 0.197 e. The second kappa shape index (κ2) is 7.70. The Morgan fingerprint density at radius 2 is 1.37 bits per heavy atom. The van der Waals surface area contributed by atoms with E-state index in [0.717, 1.165) is 34.7 Å².